The summed E-state index contributed by atoms with van der Waals surface area (Å²) < 4.78 is 0. The molecule has 1 atom stereocenters. The van der Waals surface area contributed by atoms with Crippen molar-refractivity contribution in [2.75, 3.05) is 13.1 Å². The molecule has 15 heavy (non-hydrogen) atoms. The molecule has 1 fully saturated rings. The second kappa shape index (κ2) is 5.26. The predicted molar refractivity (Wildman–Crippen MR) is 60.1 cm³/mol. The van der Waals surface area contributed by atoms with Crippen molar-refractivity contribution in [2.45, 2.75) is 45.8 Å². The fraction of sp³-hybridized carbons (Fsp3) is 0.818. The first-order valence-corrected chi connectivity index (χ1v) is 5.52. The number of nitrogens with zero attached hydrogens (tertiary/aromatic N) is 2. The van der Waals surface area contributed by atoms with Crippen LogP contribution in [0.25, 0.3) is 0 Å². The number of rotatable bonds is 4. The number of β-amino-alcohol motifs (C(OH)–C–C–N with tert-alkyl or cyclic N) is 1. The van der Waals surface area contributed by atoms with E-state index in [1.54, 1.807) is 4.90 Å². The highest BCUT2D eigenvalue weighted by atomic mass is 16.3. The summed E-state index contributed by atoms with van der Waals surface area (Å²) in [5.41, 5.74) is 0.933. The molecule has 4 heteroatoms. The lowest BCUT2D eigenvalue weighted by Crippen LogP contribution is -2.56. The van der Waals surface area contributed by atoms with Crippen LogP contribution in [0.15, 0.2) is 4.99 Å². The van der Waals surface area contributed by atoms with Crippen molar-refractivity contribution in [2.24, 2.45) is 4.99 Å². The molecule has 1 amide bonds. The maximum atomic E-state index is 11.9. The number of aliphatic imine (C=N–C) groups is 1. The van der Waals surface area contributed by atoms with Crippen molar-refractivity contribution in [3.8, 4) is 0 Å². The number of aliphatic hydroxyl groups excluding tert-OH is 1. The first kappa shape index (κ1) is 12.2. The van der Waals surface area contributed by atoms with Crippen molar-refractivity contribution in [3.05, 3.63) is 0 Å². The van der Waals surface area contributed by atoms with E-state index < -0.39 is 0 Å². The third kappa shape index (κ3) is 3.30. The summed E-state index contributed by atoms with van der Waals surface area (Å²) >= 11 is 0. The molecular formula is C11H20N2O2. The molecule has 0 saturated carbocycles. The summed E-state index contributed by atoms with van der Waals surface area (Å²) in [6, 6.07) is -0.243. The van der Waals surface area contributed by atoms with Gasteiger partial charge in [-0.15, -0.1) is 0 Å². The summed E-state index contributed by atoms with van der Waals surface area (Å²) in [5.74, 6) is 0.0587. The largest absolute Gasteiger partial charge is 0.389 e. The van der Waals surface area contributed by atoms with Gasteiger partial charge in [-0.1, -0.05) is 13.3 Å². The minimum atomic E-state index is -0.331. The van der Waals surface area contributed by atoms with E-state index in [0.29, 0.717) is 13.1 Å². The number of aliphatic hydroxyl groups is 1. The molecule has 0 aromatic heterocycles. The Hall–Kier alpha value is -0.900. The van der Waals surface area contributed by atoms with E-state index in [9.17, 15) is 4.79 Å². The van der Waals surface area contributed by atoms with Gasteiger partial charge in [-0.25, -0.2) is 0 Å². The summed E-state index contributed by atoms with van der Waals surface area (Å²) in [4.78, 5) is 17.9. The normalized spacial score (nSPS) is 18.3. The Morgan fingerprint density at radius 3 is 2.53 bits per heavy atom. The lowest BCUT2D eigenvalue weighted by atomic mass is 10.1. The quantitative estimate of drug-likeness (QED) is 0.702. The van der Waals surface area contributed by atoms with E-state index in [4.69, 9.17) is 5.11 Å². The maximum Gasteiger partial charge on any atom is 0.247 e. The fourth-order valence-corrected chi connectivity index (χ4v) is 1.67. The lowest BCUT2D eigenvalue weighted by molar-refractivity contribution is -0.142. The van der Waals surface area contributed by atoms with Gasteiger partial charge >= 0.3 is 0 Å². The molecule has 86 valence electrons. The molecule has 1 aliphatic heterocycles. The van der Waals surface area contributed by atoms with Crippen molar-refractivity contribution in [1.29, 1.82) is 0 Å². The highest BCUT2D eigenvalue weighted by Gasteiger charge is 2.32. The Bertz CT molecular complexity index is 253. The Labute approximate surface area is 91.0 Å². The van der Waals surface area contributed by atoms with Crippen LogP contribution in [0.2, 0.25) is 0 Å². The van der Waals surface area contributed by atoms with Crippen LogP contribution >= 0.6 is 0 Å². The molecule has 0 aromatic rings. The average Bonchev–Trinajstić information content (AvgIpc) is 2.10. The standard InChI is InChI=1S/C11H20N2O2/c1-4-5-10(12-8(2)3)11(15)13-6-9(14)7-13/h9-10,14H,4-7H2,1-3H3. The van der Waals surface area contributed by atoms with E-state index in [2.05, 4.69) is 4.99 Å². The van der Waals surface area contributed by atoms with Crippen molar-refractivity contribution in [3.63, 3.8) is 0 Å². The van der Waals surface area contributed by atoms with Crippen LogP contribution in [0.4, 0.5) is 0 Å². The van der Waals surface area contributed by atoms with Gasteiger partial charge in [0.25, 0.3) is 0 Å². The number of likely N-dealkylation sites (tertiary alicyclic amines) is 1. The van der Waals surface area contributed by atoms with E-state index >= 15 is 0 Å². The van der Waals surface area contributed by atoms with Crippen LogP contribution in [0.1, 0.15) is 33.6 Å². The molecule has 1 heterocycles. The number of carbonyl (C=O) groups is 1. The van der Waals surface area contributed by atoms with Crippen LogP contribution in [0.5, 0.6) is 0 Å². The third-order valence-corrected chi connectivity index (χ3v) is 2.44. The second-order valence-electron chi connectivity index (χ2n) is 4.28. The van der Waals surface area contributed by atoms with E-state index in [1.807, 2.05) is 20.8 Å². The molecule has 0 aromatic carbocycles. The van der Waals surface area contributed by atoms with Crippen molar-refractivity contribution in [1.82, 2.24) is 4.90 Å². The molecule has 1 rings (SSSR count). The van der Waals surface area contributed by atoms with Gasteiger partial charge in [0.2, 0.25) is 5.91 Å². The minimum Gasteiger partial charge on any atom is -0.389 e. The molecule has 1 aliphatic rings. The molecule has 4 nitrogen and oxygen atoms in total. The van der Waals surface area contributed by atoms with E-state index in [1.165, 1.54) is 0 Å². The van der Waals surface area contributed by atoms with Crippen LogP contribution < -0.4 is 0 Å². The average molecular weight is 212 g/mol. The van der Waals surface area contributed by atoms with Crippen LogP contribution in [-0.2, 0) is 4.79 Å². The number of amides is 1. The van der Waals surface area contributed by atoms with Gasteiger partial charge < -0.3 is 10.0 Å². The van der Waals surface area contributed by atoms with Gasteiger partial charge in [0.15, 0.2) is 0 Å². The lowest BCUT2D eigenvalue weighted by Gasteiger charge is -2.37. The smallest absolute Gasteiger partial charge is 0.247 e. The fourth-order valence-electron chi connectivity index (χ4n) is 1.67. The van der Waals surface area contributed by atoms with E-state index in [-0.39, 0.29) is 18.1 Å². The van der Waals surface area contributed by atoms with Gasteiger partial charge in [-0.05, 0) is 20.3 Å². The van der Waals surface area contributed by atoms with Gasteiger partial charge in [0, 0.05) is 18.8 Å². The van der Waals surface area contributed by atoms with Crippen LogP contribution in [0, 0.1) is 0 Å². The first-order chi connectivity index (χ1) is 7.04. The molecule has 0 radical (unpaired) electrons. The molecular weight excluding hydrogens is 192 g/mol. The summed E-state index contributed by atoms with van der Waals surface area (Å²) in [6.45, 7) is 6.79. The first-order valence-electron chi connectivity index (χ1n) is 5.52. The summed E-state index contributed by atoms with van der Waals surface area (Å²) in [7, 11) is 0. The van der Waals surface area contributed by atoms with Gasteiger partial charge in [0.05, 0.1) is 6.10 Å². The minimum absolute atomic E-state index is 0.0587. The van der Waals surface area contributed by atoms with Crippen LogP contribution in [0.3, 0.4) is 0 Å². The highest BCUT2D eigenvalue weighted by molar-refractivity contribution is 5.87. The molecule has 0 aliphatic carbocycles. The Kier molecular flexibility index (Phi) is 4.27. The zero-order valence-corrected chi connectivity index (χ0v) is 9.73. The number of carbonyl (C=O) groups excluding carboxylic acids is 1. The number of hydrogen-bond acceptors (Lipinski definition) is 3. The van der Waals surface area contributed by atoms with Gasteiger partial charge in [0.1, 0.15) is 6.04 Å². The number of hydrogen-bond donors (Lipinski definition) is 1. The molecule has 1 unspecified atom stereocenters. The van der Waals surface area contributed by atoms with Crippen LogP contribution in [-0.4, -0.2) is 46.9 Å². The van der Waals surface area contributed by atoms with Gasteiger partial charge in [-0.2, -0.15) is 0 Å². The molecule has 0 spiro atoms. The molecule has 1 saturated heterocycles. The monoisotopic (exact) mass is 212 g/mol. The SMILES string of the molecule is CCCC(N=C(C)C)C(=O)N1CC(O)C1. The third-order valence-electron chi connectivity index (χ3n) is 2.44. The predicted octanol–water partition coefficient (Wildman–Crippen LogP) is 0.839. The topological polar surface area (TPSA) is 52.9 Å². The highest BCUT2D eigenvalue weighted by Crippen LogP contribution is 2.14. The van der Waals surface area contributed by atoms with E-state index in [0.717, 1.165) is 18.6 Å². The summed E-state index contributed by atoms with van der Waals surface area (Å²) in [6.07, 6.45) is 1.41. The maximum absolute atomic E-state index is 11.9. The zero-order valence-electron chi connectivity index (χ0n) is 9.73. The zero-order chi connectivity index (χ0) is 11.4. The Morgan fingerprint density at radius 2 is 2.13 bits per heavy atom. The Balaban J connectivity index is 2.55. The van der Waals surface area contributed by atoms with Gasteiger partial charge in [-0.3, -0.25) is 9.79 Å². The van der Waals surface area contributed by atoms with Crippen molar-refractivity contribution < 1.29 is 9.90 Å². The Morgan fingerprint density at radius 1 is 1.53 bits per heavy atom. The van der Waals surface area contributed by atoms with Crippen molar-refractivity contribution >= 4 is 11.6 Å². The summed E-state index contributed by atoms with van der Waals surface area (Å²) in [5, 5.41) is 9.13. The molecule has 0 bridgehead atoms. The second-order valence-corrected chi connectivity index (χ2v) is 4.28. The molecule has 1 N–H and O–H groups in total.